The van der Waals surface area contributed by atoms with Crippen LogP contribution < -0.4 is 4.90 Å². The van der Waals surface area contributed by atoms with E-state index in [1.54, 1.807) is 29.2 Å². The van der Waals surface area contributed by atoms with Gasteiger partial charge in [0.15, 0.2) is 5.78 Å². The number of Topliss-reactive ketones (excluding diaryl/α,β-unsaturated/α-hetero) is 1. The summed E-state index contributed by atoms with van der Waals surface area (Å²) in [6.07, 6.45) is 3.47. The number of allylic oxidation sites excluding steroid dienone is 1. The molecule has 0 saturated carbocycles. The van der Waals surface area contributed by atoms with Gasteiger partial charge in [0.1, 0.15) is 6.10 Å². The molecule has 2 aromatic rings. The Bertz CT molecular complexity index is 1290. The monoisotopic (exact) mass is 615 g/mol. The molecule has 234 valence electrons. The number of rotatable bonds is 10. The highest BCUT2D eigenvalue weighted by Gasteiger charge is 2.37. The maximum Gasteiger partial charge on any atom is 0.335 e. The summed E-state index contributed by atoms with van der Waals surface area (Å²) in [5.74, 6) is -1.87. The second-order valence-electron chi connectivity index (χ2n) is 10.4. The third kappa shape index (κ3) is 11.2. The van der Waals surface area contributed by atoms with Crippen molar-refractivity contribution in [2.75, 3.05) is 31.8 Å². The number of benzene rings is 2. The summed E-state index contributed by atoms with van der Waals surface area (Å²) in [6.45, 7) is 13.0. The Labute approximate surface area is 258 Å². The predicted octanol–water partition coefficient (Wildman–Crippen LogP) is 4.88. The third-order valence-electron chi connectivity index (χ3n) is 6.37. The predicted molar refractivity (Wildman–Crippen MR) is 169 cm³/mol. The number of hydrogen-bond donors (Lipinski definition) is 4. The van der Waals surface area contributed by atoms with Crippen LogP contribution in [0, 0.1) is 5.41 Å². The molecule has 0 aromatic heterocycles. The van der Waals surface area contributed by atoms with Crippen molar-refractivity contribution in [3.05, 3.63) is 101 Å². The number of halogens is 1. The number of nitrogens with zero attached hydrogens (tertiary/aromatic N) is 1. The minimum absolute atomic E-state index is 0.0604. The fraction of sp³-hybridized carbons (Fsp3) is 0.364. The highest BCUT2D eigenvalue weighted by Crippen LogP contribution is 2.34. The van der Waals surface area contributed by atoms with Crippen molar-refractivity contribution in [1.29, 1.82) is 0 Å². The van der Waals surface area contributed by atoms with Crippen LogP contribution in [0.15, 0.2) is 79.4 Å². The molecule has 1 aliphatic rings. The van der Waals surface area contributed by atoms with Crippen LogP contribution in [0.2, 0.25) is 5.02 Å². The minimum atomic E-state index is -1.13. The molecule has 0 spiro atoms. The molecule has 4 N–H and O–H groups in total. The van der Waals surface area contributed by atoms with E-state index < -0.39 is 29.5 Å². The van der Waals surface area contributed by atoms with Gasteiger partial charge >= 0.3 is 5.97 Å². The number of ketones is 1. The lowest BCUT2D eigenvalue weighted by atomic mass is 9.91. The van der Waals surface area contributed by atoms with Crippen LogP contribution in [0.25, 0.3) is 0 Å². The van der Waals surface area contributed by atoms with Crippen LogP contribution >= 0.6 is 11.6 Å². The maximum absolute atomic E-state index is 14.0. The topological polar surface area (TPSA) is 145 Å². The molecule has 3 rings (SSSR count). The summed E-state index contributed by atoms with van der Waals surface area (Å²) in [7, 11) is 1.00. The van der Waals surface area contributed by atoms with Gasteiger partial charge in [-0.15, -0.1) is 6.58 Å². The van der Waals surface area contributed by atoms with Gasteiger partial charge in [0, 0.05) is 54.8 Å². The Morgan fingerprint density at radius 1 is 1.12 bits per heavy atom. The lowest BCUT2D eigenvalue weighted by Crippen LogP contribution is -2.49. The zero-order valence-electron chi connectivity index (χ0n) is 25.1. The standard InChI is InChI=1S/C29H32ClNO6.C3H6O.CH4O/c1-5-6-18(2)25-14-21-13-22(30)11-12-23(21)31(16-29(3,4)17-32)27(34)26(37-25)15-24(33)19-7-9-20(10-8-19)28(35)36;1-2-3-4;1-2/h5-13,25-26,32H,2,14-17H2,1,3-4H3,(H,35,36);2,4H,1,3H2;2H,1H3/b6-5-;;/t25-,26+;;/m0../s1. The quantitative estimate of drug-likeness (QED) is 0.168. The number of carboxylic acids is 1. The Balaban J connectivity index is 0.00000142. The summed E-state index contributed by atoms with van der Waals surface area (Å²) in [6, 6.07) is 10.8. The fourth-order valence-electron chi connectivity index (χ4n) is 4.18. The van der Waals surface area contributed by atoms with Crippen molar-refractivity contribution in [2.45, 2.75) is 45.8 Å². The van der Waals surface area contributed by atoms with E-state index in [2.05, 4.69) is 13.2 Å². The van der Waals surface area contributed by atoms with Crippen LogP contribution in [-0.4, -0.2) is 77.2 Å². The molecule has 2 aromatic carbocycles. The van der Waals surface area contributed by atoms with Gasteiger partial charge in [-0.1, -0.05) is 62.4 Å². The molecule has 0 fully saturated rings. The summed E-state index contributed by atoms with van der Waals surface area (Å²) >= 11 is 6.30. The van der Waals surface area contributed by atoms with E-state index in [9.17, 15) is 19.5 Å². The van der Waals surface area contributed by atoms with E-state index in [0.717, 1.165) is 12.7 Å². The first-order valence-corrected chi connectivity index (χ1v) is 14.0. The van der Waals surface area contributed by atoms with Gasteiger partial charge in [0.25, 0.3) is 5.91 Å². The highest BCUT2D eigenvalue weighted by molar-refractivity contribution is 6.30. The number of aromatic carboxylic acids is 1. The lowest BCUT2D eigenvalue weighted by Gasteiger charge is -2.38. The Morgan fingerprint density at radius 3 is 2.21 bits per heavy atom. The van der Waals surface area contributed by atoms with Crippen molar-refractivity contribution >= 4 is 34.9 Å². The average molecular weight is 616 g/mol. The second kappa shape index (κ2) is 18.1. The van der Waals surface area contributed by atoms with Gasteiger partial charge in [-0.2, -0.15) is 0 Å². The Morgan fingerprint density at radius 2 is 1.70 bits per heavy atom. The van der Waals surface area contributed by atoms with Crippen LogP contribution in [0.4, 0.5) is 5.69 Å². The summed E-state index contributed by atoms with van der Waals surface area (Å²) < 4.78 is 6.28. The van der Waals surface area contributed by atoms with Crippen molar-refractivity contribution in [3.8, 4) is 0 Å². The van der Waals surface area contributed by atoms with E-state index in [1.165, 1.54) is 30.3 Å². The highest BCUT2D eigenvalue weighted by atomic mass is 35.5. The lowest BCUT2D eigenvalue weighted by molar-refractivity contribution is -0.133. The molecule has 1 heterocycles. The van der Waals surface area contributed by atoms with Gasteiger partial charge in [0.2, 0.25) is 0 Å². The number of aliphatic hydroxyl groups is 3. The molecular formula is C33H42ClNO8. The number of carboxylic acid groups (broad SMARTS) is 1. The van der Waals surface area contributed by atoms with Crippen molar-refractivity contribution < 1.29 is 39.5 Å². The molecule has 1 aliphatic heterocycles. The molecule has 2 atom stereocenters. The smallest absolute Gasteiger partial charge is 0.335 e. The van der Waals surface area contributed by atoms with Gasteiger partial charge in [0.05, 0.1) is 18.3 Å². The third-order valence-corrected chi connectivity index (χ3v) is 6.60. The van der Waals surface area contributed by atoms with Gasteiger partial charge in [-0.3, -0.25) is 9.59 Å². The normalized spacial score (nSPS) is 16.5. The molecule has 0 radical (unpaired) electrons. The van der Waals surface area contributed by atoms with Crippen LogP contribution in [-0.2, 0) is 16.0 Å². The summed E-state index contributed by atoms with van der Waals surface area (Å²) in [5.41, 5.74) is 1.79. The van der Waals surface area contributed by atoms with Crippen molar-refractivity contribution in [2.24, 2.45) is 5.41 Å². The Kier molecular flexibility index (Phi) is 15.8. The summed E-state index contributed by atoms with van der Waals surface area (Å²) in [5, 5.41) is 34.3. The van der Waals surface area contributed by atoms with Crippen LogP contribution in [0.5, 0.6) is 0 Å². The molecule has 0 unspecified atom stereocenters. The molecule has 0 bridgehead atoms. The zero-order chi connectivity index (χ0) is 32.7. The number of carbonyl (C=O) groups is 3. The first kappa shape index (κ1) is 37.4. The van der Waals surface area contributed by atoms with E-state index in [4.69, 9.17) is 31.7 Å². The Hall–Kier alpha value is -3.60. The van der Waals surface area contributed by atoms with Gasteiger partial charge < -0.3 is 30.1 Å². The molecule has 43 heavy (non-hydrogen) atoms. The van der Waals surface area contributed by atoms with Gasteiger partial charge in [-0.25, -0.2) is 4.79 Å². The number of carbonyl (C=O) groups excluding carboxylic acids is 2. The molecular weight excluding hydrogens is 574 g/mol. The molecule has 0 aliphatic carbocycles. The number of ether oxygens (including phenoxy) is 1. The number of fused-ring (bicyclic) bond motifs is 1. The van der Waals surface area contributed by atoms with Gasteiger partial charge in [-0.05, 0) is 48.4 Å². The van der Waals surface area contributed by atoms with Crippen LogP contribution in [0.3, 0.4) is 0 Å². The average Bonchev–Trinajstić information content (AvgIpc) is 2.99. The number of anilines is 1. The summed E-state index contributed by atoms with van der Waals surface area (Å²) in [4.78, 5) is 39.9. The van der Waals surface area contributed by atoms with E-state index in [-0.39, 0.29) is 43.1 Å². The molecule has 0 saturated heterocycles. The van der Waals surface area contributed by atoms with Crippen molar-refractivity contribution in [1.82, 2.24) is 0 Å². The van der Waals surface area contributed by atoms with Crippen molar-refractivity contribution in [3.63, 3.8) is 0 Å². The first-order valence-electron chi connectivity index (χ1n) is 13.6. The van der Waals surface area contributed by atoms with Crippen LogP contribution in [0.1, 0.15) is 53.5 Å². The van der Waals surface area contributed by atoms with E-state index in [0.29, 0.717) is 22.7 Å². The minimum Gasteiger partial charge on any atom is -0.478 e. The maximum atomic E-state index is 14.0. The second-order valence-corrected chi connectivity index (χ2v) is 10.8. The molecule has 1 amide bonds. The number of aliphatic hydroxyl groups excluding tert-OH is 3. The van der Waals surface area contributed by atoms with E-state index >= 15 is 0 Å². The number of amides is 1. The number of hydrogen-bond acceptors (Lipinski definition) is 7. The van der Waals surface area contributed by atoms with E-state index in [1.807, 2.05) is 26.8 Å². The SMILES string of the molecule is C=C(/C=C\C)[C@@H]1Cc2cc(Cl)ccc2N(CC(C)(C)CO)C(=O)[C@@H](CC(=O)c2ccc(C(=O)O)cc2)O1.C=CCO.CO. The molecule has 10 heteroatoms. The zero-order valence-corrected chi connectivity index (χ0v) is 25.9. The fourth-order valence-corrected chi connectivity index (χ4v) is 4.37. The first-order chi connectivity index (χ1) is 20.4. The molecule has 9 nitrogen and oxygen atoms in total. The largest absolute Gasteiger partial charge is 0.478 e.